The molecule has 1 N–H and O–H groups in total. The van der Waals surface area contributed by atoms with Crippen molar-refractivity contribution in [2.45, 2.75) is 68.6 Å². The second-order valence-corrected chi connectivity index (χ2v) is 12.9. The van der Waals surface area contributed by atoms with Gasteiger partial charge in [0.1, 0.15) is 42.8 Å². The van der Waals surface area contributed by atoms with Crippen molar-refractivity contribution in [2.24, 2.45) is 0 Å². The number of carbonyl (C=O) groups is 3. The number of aliphatic hydroxyl groups excluding tert-OH is 1. The summed E-state index contributed by atoms with van der Waals surface area (Å²) in [4.78, 5) is 40.4. The van der Waals surface area contributed by atoms with E-state index in [2.05, 4.69) is 0 Å². The van der Waals surface area contributed by atoms with Gasteiger partial charge in [0.05, 0.1) is 26.4 Å². The first-order valence-corrected chi connectivity index (χ1v) is 17.8. The lowest BCUT2D eigenvalue weighted by Gasteiger charge is -2.45. The molecule has 2 saturated heterocycles. The fourth-order valence-corrected chi connectivity index (χ4v) is 6.63. The molecule has 2 amide bonds. The van der Waals surface area contributed by atoms with Gasteiger partial charge in [0, 0.05) is 14.2 Å². The molecule has 6 rings (SSSR count). The molecule has 0 radical (unpaired) electrons. The molecule has 0 aromatic heterocycles. The van der Waals surface area contributed by atoms with Crippen LogP contribution in [-0.2, 0) is 60.7 Å². The number of rotatable bonds is 16. The van der Waals surface area contributed by atoms with Crippen LogP contribution in [-0.4, -0.2) is 105 Å². The minimum Gasteiger partial charge on any atom is -0.479 e. The normalized spacial score (nSPS) is 26.8. The number of carbonyl (C=O) groups excluding carboxylic acids is 3. The first-order valence-electron chi connectivity index (χ1n) is 17.8. The second-order valence-electron chi connectivity index (χ2n) is 12.9. The van der Waals surface area contributed by atoms with Crippen molar-refractivity contribution in [1.29, 1.82) is 0 Å². The lowest BCUT2D eigenvalue weighted by Crippen LogP contribution is -2.61. The molecule has 8 unspecified atom stereocenters. The summed E-state index contributed by atoms with van der Waals surface area (Å²) in [5.74, 6) is -0.931. The van der Waals surface area contributed by atoms with Gasteiger partial charge >= 0.3 is 6.09 Å². The summed E-state index contributed by atoms with van der Waals surface area (Å²) < 4.78 is 47.7. The van der Waals surface area contributed by atoms with Gasteiger partial charge in [-0.05, 0) is 41.3 Å². The van der Waals surface area contributed by atoms with Crippen LogP contribution in [0, 0.1) is 0 Å². The Hall–Kier alpha value is -4.73. The number of hydrogen-bond donors (Lipinski definition) is 1. The largest absolute Gasteiger partial charge is 0.479 e. The summed E-state index contributed by atoms with van der Waals surface area (Å²) >= 11 is 0. The van der Waals surface area contributed by atoms with Crippen molar-refractivity contribution >= 4 is 17.8 Å². The highest BCUT2D eigenvalue weighted by Gasteiger charge is 2.49. The molecule has 0 aliphatic carbocycles. The highest BCUT2D eigenvalue weighted by molar-refractivity contribution is 6.03. The molecular weight excluding hydrogens is 698 g/mol. The molecule has 3 aromatic rings. The zero-order valence-corrected chi connectivity index (χ0v) is 30.1. The molecule has 13 heteroatoms. The molecule has 0 bridgehead atoms. The van der Waals surface area contributed by atoms with Crippen LogP contribution >= 0.6 is 0 Å². The lowest BCUT2D eigenvalue weighted by atomic mass is 9.98. The average Bonchev–Trinajstić information content (AvgIpc) is 3.61. The Morgan fingerprint density at radius 1 is 0.852 bits per heavy atom. The number of ether oxygens (including phenoxy) is 8. The van der Waals surface area contributed by atoms with E-state index in [1.54, 1.807) is 30.3 Å². The van der Waals surface area contributed by atoms with E-state index in [0.29, 0.717) is 17.7 Å². The van der Waals surface area contributed by atoms with Crippen molar-refractivity contribution in [3.05, 3.63) is 132 Å². The number of benzene rings is 3. The van der Waals surface area contributed by atoms with Gasteiger partial charge in [-0.2, -0.15) is 0 Å². The molecule has 3 aromatic carbocycles. The highest BCUT2D eigenvalue weighted by Crippen LogP contribution is 2.32. The van der Waals surface area contributed by atoms with Gasteiger partial charge in [-0.15, -0.1) is 0 Å². The monoisotopic (exact) mass is 743 g/mol. The first kappa shape index (κ1) is 39.0. The van der Waals surface area contributed by atoms with E-state index in [1.807, 2.05) is 66.7 Å². The molecule has 286 valence electrons. The summed E-state index contributed by atoms with van der Waals surface area (Å²) in [6.07, 6.45) is -2.54. The Labute approximate surface area is 313 Å². The van der Waals surface area contributed by atoms with Crippen LogP contribution in [0.5, 0.6) is 0 Å². The third kappa shape index (κ3) is 9.31. The lowest BCUT2D eigenvalue weighted by molar-refractivity contribution is -0.319. The first-order chi connectivity index (χ1) is 26.4. The third-order valence-corrected chi connectivity index (χ3v) is 9.37. The van der Waals surface area contributed by atoms with Crippen LogP contribution in [0.25, 0.3) is 0 Å². The van der Waals surface area contributed by atoms with Gasteiger partial charge < -0.3 is 43.0 Å². The van der Waals surface area contributed by atoms with Crippen LogP contribution in [0.4, 0.5) is 4.79 Å². The molecule has 13 nitrogen and oxygen atoms in total. The summed E-state index contributed by atoms with van der Waals surface area (Å²) in [7, 11) is 2.77. The molecule has 0 spiro atoms. The van der Waals surface area contributed by atoms with Crippen molar-refractivity contribution in [2.75, 3.05) is 34.0 Å². The van der Waals surface area contributed by atoms with Gasteiger partial charge in [0.25, 0.3) is 5.91 Å². The van der Waals surface area contributed by atoms with Gasteiger partial charge in [-0.3, -0.25) is 9.59 Å². The summed E-state index contributed by atoms with van der Waals surface area (Å²) in [5.41, 5.74) is 2.59. The topological polar surface area (TPSA) is 149 Å². The van der Waals surface area contributed by atoms with Crippen molar-refractivity contribution in [1.82, 2.24) is 4.90 Å². The minimum absolute atomic E-state index is 0.0236. The predicted octanol–water partition coefficient (Wildman–Crippen LogP) is 4.44. The van der Waals surface area contributed by atoms with Crippen molar-refractivity contribution < 1.29 is 57.4 Å². The maximum absolute atomic E-state index is 13.7. The number of amides is 2. The number of methoxy groups -OCH3 is 2. The van der Waals surface area contributed by atoms with Crippen LogP contribution in [0.2, 0.25) is 0 Å². The number of hydrogen-bond acceptors (Lipinski definition) is 12. The smallest absolute Gasteiger partial charge is 0.417 e. The summed E-state index contributed by atoms with van der Waals surface area (Å²) in [6, 6.07) is 27.7. The van der Waals surface area contributed by atoms with E-state index in [0.717, 1.165) is 16.0 Å². The fourth-order valence-electron chi connectivity index (χ4n) is 6.63. The predicted molar refractivity (Wildman–Crippen MR) is 192 cm³/mol. The van der Waals surface area contributed by atoms with Crippen LogP contribution in [0.3, 0.4) is 0 Å². The van der Waals surface area contributed by atoms with E-state index in [4.69, 9.17) is 37.9 Å². The fraction of sp³-hybridized carbons (Fsp3) is 0.390. The highest BCUT2D eigenvalue weighted by atomic mass is 16.7. The van der Waals surface area contributed by atoms with Crippen molar-refractivity contribution in [3.63, 3.8) is 0 Å². The zero-order valence-electron chi connectivity index (χ0n) is 30.1. The zero-order chi connectivity index (χ0) is 37.9. The summed E-state index contributed by atoms with van der Waals surface area (Å²) in [5, 5.41) is 10.3. The molecule has 54 heavy (non-hydrogen) atoms. The second kappa shape index (κ2) is 19.0. The number of cyclic esters (lactones) is 1. The quantitative estimate of drug-likeness (QED) is 0.207. The summed E-state index contributed by atoms with van der Waals surface area (Å²) in [6.45, 7) is 0.309. The van der Waals surface area contributed by atoms with Crippen molar-refractivity contribution in [3.8, 4) is 0 Å². The maximum atomic E-state index is 13.7. The average molecular weight is 744 g/mol. The van der Waals surface area contributed by atoms with E-state index in [9.17, 15) is 19.5 Å². The van der Waals surface area contributed by atoms with E-state index < -0.39 is 66.7 Å². The van der Waals surface area contributed by atoms with Crippen LogP contribution < -0.4 is 0 Å². The molecule has 3 aliphatic heterocycles. The Kier molecular flexibility index (Phi) is 13.7. The maximum Gasteiger partial charge on any atom is 0.417 e. The van der Waals surface area contributed by atoms with Gasteiger partial charge in [0.15, 0.2) is 24.3 Å². The number of aliphatic hydroxyl groups is 1. The Bertz CT molecular complexity index is 1740. The number of allylic oxidation sites excluding steroid dienone is 1. The molecule has 3 aliphatic rings. The van der Waals surface area contributed by atoms with Gasteiger partial charge in [-0.25, -0.2) is 9.69 Å². The van der Waals surface area contributed by atoms with E-state index >= 15 is 0 Å². The Morgan fingerprint density at radius 3 is 2.09 bits per heavy atom. The minimum atomic E-state index is -1.42. The van der Waals surface area contributed by atoms with Crippen LogP contribution in [0.1, 0.15) is 29.2 Å². The Morgan fingerprint density at radius 2 is 1.48 bits per heavy atom. The van der Waals surface area contributed by atoms with Crippen LogP contribution in [0.15, 0.2) is 115 Å². The van der Waals surface area contributed by atoms with E-state index in [-0.39, 0.29) is 33.0 Å². The standard InChI is InChI=1S/C41H45NO12/c1-47-37(39(45)42-31(26-52-41(42)46)29-17-10-5-11-18-29)34-32(44)21-20-30(53-34)19-12-22-49-38-36(51-25-28-15-8-4-9-16-28)35(33(23-43)54-40(38)48-2)50-24-27-13-6-3-7-14-27/h3-11,13-21,31,33-38,40,43H,12,22-26H2,1-2H3. The molecule has 3 heterocycles. The number of imide groups is 1. The number of nitrogens with zero attached hydrogens (tertiary/aromatic N) is 1. The molecular formula is C41H45NO12. The van der Waals surface area contributed by atoms with Gasteiger partial charge in [-0.1, -0.05) is 91.0 Å². The third-order valence-electron chi connectivity index (χ3n) is 9.37. The Balaban J connectivity index is 1.13. The van der Waals surface area contributed by atoms with Gasteiger partial charge in [0.2, 0.25) is 0 Å². The SMILES string of the molecule is COC1OC(CO)C(OCc2ccccc2)C(OCc2ccccc2)C1OCCC=C1C=CC(=O)C(C(OC)C(=O)N2C(=O)OCC2c2ccccc2)O1. The molecule has 0 saturated carbocycles. The number of ketones is 1. The molecule has 2 fully saturated rings. The molecule has 8 atom stereocenters. The van der Waals surface area contributed by atoms with E-state index in [1.165, 1.54) is 26.4 Å².